The van der Waals surface area contributed by atoms with Crippen molar-refractivity contribution in [2.24, 2.45) is 5.41 Å². The molecule has 4 heteroatoms. The molecular weight excluding hydrogens is 214 g/mol. The van der Waals surface area contributed by atoms with E-state index in [1.54, 1.807) is 0 Å². The summed E-state index contributed by atoms with van der Waals surface area (Å²) in [5.74, 6) is 0. The molecule has 0 aliphatic carbocycles. The molecule has 3 heterocycles. The Morgan fingerprint density at radius 2 is 1.59 bits per heavy atom. The molecule has 0 atom stereocenters. The highest BCUT2D eigenvalue weighted by Gasteiger charge is 2.42. The monoisotopic (exact) mass is 239 g/mol. The fraction of sp³-hybridized carbons (Fsp3) is 1.00. The first kappa shape index (κ1) is 11.9. The minimum absolute atomic E-state index is 0.691. The molecule has 1 N–H and O–H groups in total. The fourth-order valence-corrected chi connectivity index (χ4v) is 3.44. The Hall–Kier alpha value is -0.160. The Morgan fingerprint density at radius 1 is 0.941 bits per heavy atom. The lowest BCUT2D eigenvalue weighted by Crippen LogP contribution is -2.61. The predicted octanol–water partition coefficient (Wildman–Crippen LogP) is 0.00400. The number of nitrogens with one attached hydrogen (secondary N) is 1. The molecule has 1 spiro atoms. The Bertz CT molecular complexity index is 239. The summed E-state index contributed by atoms with van der Waals surface area (Å²) in [5.41, 5.74) is 0.691. The maximum atomic E-state index is 5.37. The molecule has 0 bridgehead atoms. The molecule has 3 aliphatic rings. The Labute approximate surface area is 104 Å². The number of ether oxygens (including phenoxy) is 1. The Balaban J connectivity index is 1.35. The van der Waals surface area contributed by atoms with E-state index in [2.05, 4.69) is 15.1 Å². The van der Waals surface area contributed by atoms with Gasteiger partial charge < -0.3 is 15.0 Å². The second-order valence-electron chi connectivity index (χ2n) is 5.91. The molecule has 98 valence electrons. The smallest absolute Gasteiger partial charge is 0.0594 e. The first-order valence-electron chi connectivity index (χ1n) is 7.10. The van der Waals surface area contributed by atoms with E-state index in [1.165, 1.54) is 52.1 Å². The summed E-state index contributed by atoms with van der Waals surface area (Å²) < 4.78 is 5.37. The summed E-state index contributed by atoms with van der Waals surface area (Å²) in [5, 5.41) is 3.47. The quantitative estimate of drug-likeness (QED) is 0.750. The third-order valence-corrected chi connectivity index (χ3v) is 4.62. The molecular formula is C13H25N3O. The molecule has 0 aromatic rings. The molecule has 0 radical (unpaired) electrons. The Morgan fingerprint density at radius 3 is 2.29 bits per heavy atom. The van der Waals surface area contributed by atoms with Gasteiger partial charge >= 0.3 is 0 Å². The van der Waals surface area contributed by atoms with Crippen molar-refractivity contribution >= 4 is 0 Å². The maximum Gasteiger partial charge on any atom is 0.0594 e. The summed E-state index contributed by atoms with van der Waals surface area (Å²) in [6.07, 6.45) is 2.78. The second kappa shape index (κ2) is 5.22. The standard InChI is InChI=1S/C13H25N3O/c1-3-14-4-2-13(1)11-16(12-13)6-5-15-7-9-17-10-8-15/h14H,1-12H2. The van der Waals surface area contributed by atoms with Crippen LogP contribution in [-0.2, 0) is 4.74 Å². The van der Waals surface area contributed by atoms with Gasteiger partial charge in [0.05, 0.1) is 13.2 Å². The maximum absolute atomic E-state index is 5.37. The Kier molecular flexibility index (Phi) is 3.66. The van der Waals surface area contributed by atoms with Gasteiger partial charge in [-0.15, -0.1) is 0 Å². The van der Waals surface area contributed by atoms with Crippen molar-refractivity contribution in [2.75, 3.05) is 65.6 Å². The average molecular weight is 239 g/mol. The van der Waals surface area contributed by atoms with Gasteiger partial charge in [0.15, 0.2) is 0 Å². The van der Waals surface area contributed by atoms with Gasteiger partial charge in [0.2, 0.25) is 0 Å². The number of nitrogens with zero attached hydrogens (tertiary/aromatic N) is 2. The molecule has 3 rings (SSSR count). The zero-order chi connectivity index (χ0) is 11.6. The lowest BCUT2D eigenvalue weighted by atomic mass is 9.72. The van der Waals surface area contributed by atoms with Crippen LogP contribution in [0.1, 0.15) is 12.8 Å². The molecule has 3 fully saturated rings. The molecule has 17 heavy (non-hydrogen) atoms. The normalized spacial score (nSPS) is 30.4. The summed E-state index contributed by atoms with van der Waals surface area (Å²) in [4.78, 5) is 5.18. The van der Waals surface area contributed by atoms with Crippen molar-refractivity contribution in [3.8, 4) is 0 Å². The first-order chi connectivity index (χ1) is 8.36. The van der Waals surface area contributed by atoms with Gasteiger partial charge in [0, 0.05) is 39.3 Å². The highest BCUT2D eigenvalue weighted by Crippen LogP contribution is 2.38. The van der Waals surface area contributed by atoms with Crippen molar-refractivity contribution in [1.29, 1.82) is 0 Å². The van der Waals surface area contributed by atoms with Crippen molar-refractivity contribution in [3.05, 3.63) is 0 Å². The lowest BCUT2D eigenvalue weighted by molar-refractivity contribution is -0.0338. The number of likely N-dealkylation sites (tertiary alicyclic amines) is 1. The number of piperidine rings is 1. The van der Waals surface area contributed by atoms with Gasteiger partial charge in [-0.2, -0.15) is 0 Å². The van der Waals surface area contributed by atoms with E-state index < -0.39 is 0 Å². The van der Waals surface area contributed by atoms with Crippen LogP contribution in [0.15, 0.2) is 0 Å². The highest BCUT2D eigenvalue weighted by atomic mass is 16.5. The van der Waals surface area contributed by atoms with Gasteiger partial charge in [-0.05, 0) is 31.3 Å². The molecule has 0 unspecified atom stereocenters. The third-order valence-electron chi connectivity index (χ3n) is 4.62. The van der Waals surface area contributed by atoms with Crippen LogP contribution in [0.5, 0.6) is 0 Å². The predicted molar refractivity (Wildman–Crippen MR) is 68.2 cm³/mol. The van der Waals surface area contributed by atoms with Crippen LogP contribution in [0.25, 0.3) is 0 Å². The molecule has 0 aromatic carbocycles. The van der Waals surface area contributed by atoms with Gasteiger partial charge in [-0.1, -0.05) is 0 Å². The van der Waals surface area contributed by atoms with Gasteiger partial charge in [-0.25, -0.2) is 0 Å². The van der Waals surface area contributed by atoms with E-state index >= 15 is 0 Å². The van der Waals surface area contributed by atoms with Gasteiger partial charge in [0.1, 0.15) is 0 Å². The van der Waals surface area contributed by atoms with E-state index in [9.17, 15) is 0 Å². The zero-order valence-corrected chi connectivity index (χ0v) is 10.8. The molecule has 0 aromatic heterocycles. The minimum Gasteiger partial charge on any atom is -0.379 e. The largest absolute Gasteiger partial charge is 0.379 e. The number of hydrogen-bond acceptors (Lipinski definition) is 4. The summed E-state index contributed by atoms with van der Waals surface area (Å²) >= 11 is 0. The van der Waals surface area contributed by atoms with E-state index in [4.69, 9.17) is 4.74 Å². The summed E-state index contributed by atoms with van der Waals surface area (Å²) in [6, 6.07) is 0. The number of rotatable bonds is 3. The fourth-order valence-electron chi connectivity index (χ4n) is 3.44. The van der Waals surface area contributed by atoms with E-state index in [0.717, 1.165) is 26.3 Å². The van der Waals surface area contributed by atoms with Crippen LogP contribution in [0.4, 0.5) is 0 Å². The first-order valence-corrected chi connectivity index (χ1v) is 7.10. The van der Waals surface area contributed by atoms with Crippen molar-refractivity contribution in [1.82, 2.24) is 15.1 Å². The van der Waals surface area contributed by atoms with Crippen LogP contribution in [-0.4, -0.2) is 75.4 Å². The molecule has 0 amide bonds. The van der Waals surface area contributed by atoms with Gasteiger partial charge in [0.25, 0.3) is 0 Å². The van der Waals surface area contributed by atoms with Gasteiger partial charge in [-0.3, -0.25) is 4.90 Å². The van der Waals surface area contributed by atoms with Crippen LogP contribution in [0, 0.1) is 5.41 Å². The van der Waals surface area contributed by atoms with E-state index in [0.29, 0.717) is 5.41 Å². The van der Waals surface area contributed by atoms with Crippen molar-refractivity contribution < 1.29 is 4.74 Å². The van der Waals surface area contributed by atoms with E-state index in [-0.39, 0.29) is 0 Å². The summed E-state index contributed by atoms with van der Waals surface area (Å²) in [7, 11) is 0. The third kappa shape index (κ3) is 2.81. The zero-order valence-electron chi connectivity index (χ0n) is 10.8. The lowest BCUT2D eigenvalue weighted by Gasteiger charge is -2.53. The van der Waals surface area contributed by atoms with Crippen LogP contribution in [0.3, 0.4) is 0 Å². The number of hydrogen-bond donors (Lipinski definition) is 1. The number of morpholine rings is 1. The molecule has 3 saturated heterocycles. The average Bonchev–Trinajstić information content (AvgIpc) is 2.36. The van der Waals surface area contributed by atoms with Crippen LogP contribution in [0.2, 0.25) is 0 Å². The van der Waals surface area contributed by atoms with Crippen LogP contribution >= 0.6 is 0 Å². The molecule has 4 nitrogen and oxygen atoms in total. The topological polar surface area (TPSA) is 27.7 Å². The summed E-state index contributed by atoms with van der Waals surface area (Å²) in [6.45, 7) is 11.8. The molecule has 3 aliphatic heterocycles. The van der Waals surface area contributed by atoms with Crippen molar-refractivity contribution in [2.45, 2.75) is 12.8 Å². The van der Waals surface area contributed by atoms with E-state index in [1.807, 2.05) is 0 Å². The minimum atomic E-state index is 0.691. The van der Waals surface area contributed by atoms with Crippen LogP contribution < -0.4 is 5.32 Å². The SMILES string of the molecule is C1CC2(CCN1)CN(CCN1CCOCC1)C2. The highest BCUT2D eigenvalue weighted by molar-refractivity contribution is 4.97. The second-order valence-corrected chi connectivity index (χ2v) is 5.91. The van der Waals surface area contributed by atoms with Crippen molar-refractivity contribution in [3.63, 3.8) is 0 Å². The molecule has 0 saturated carbocycles.